The Labute approximate surface area is 314 Å². The molecule has 3 aromatic heterocycles. The van der Waals surface area contributed by atoms with Gasteiger partial charge in [-0.05, 0) is 55.0 Å². The van der Waals surface area contributed by atoms with Gasteiger partial charge in [-0.3, -0.25) is 39.2 Å². The van der Waals surface area contributed by atoms with Gasteiger partial charge in [0.05, 0.1) is 28.4 Å². The van der Waals surface area contributed by atoms with Crippen molar-refractivity contribution in [1.82, 2.24) is 40.2 Å². The van der Waals surface area contributed by atoms with Gasteiger partial charge in [-0.25, -0.2) is 0 Å². The molecule has 4 aliphatic heterocycles. The molecule has 3 N–H and O–H groups in total. The van der Waals surface area contributed by atoms with Crippen molar-refractivity contribution in [1.29, 1.82) is 0 Å². The molecule has 3 amide bonds. The molecule has 13 nitrogen and oxygen atoms in total. The first-order chi connectivity index (χ1) is 26.4. The molecule has 54 heavy (non-hydrogen) atoms. The molecule has 1 unspecified atom stereocenters. The zero-order valence-electron chi connectivity index (χ0n) is 30.7. The molecule has 0 bridgehead atoms. The van der Waals surface area contributed by atoms with Crippen LogP contribution in [0.3, 0.4) is 0 Å². The fourth-order valence-corrected chi connectivity index (χ4v) is 8.49. The van der Waals surface area contributed by atoms with Crippen molar-refractivity contribution >= 4 is 40.0 Å². The molecule has 5 aromatic rings. The molecule has 3 fully saturated rings. The van der Waals surface area contributed by atoms with Gasteiger partial charge in [-0.1, -0.05) is 12.1 Å². The average molecular weight is 727 g/mol. The maximum Gasteiger partial charge on any atom is 0.253 e. The highest BCUT2D eigenvalue weighted by Gasteiger charge is 2.32. The Balaban J connectivity index is 0.764. The van der Waals surface area contributed by atoms with Crippen LogP contribution in [0.2, 0.25) is 0 Å². The van der Waals surface area contributed by atoms with Crippen molar-refractivity contribution in [3.63, 3.8) is 0 Å². The van der Waals surface area contributed by atoms with E-state index in [4.69, 9.17) is 10.1 Å². The highest BCUT2D eigenvalue weighted by atomic mass is 16.2. The zero-order valence-corrected chi connectivity index (χ0v) is 30.7. The lowest BCUT2D eigenvalue weighted by Gasteiger charge is -2.39. The minimum atomic E-state index is -0.392. The van der Waals surface area contributed by atoms with Crippen molar-refractivity contribution in [2.45, 2.75) is 25.2 Å². The zero-order chi connectivity index (χ0) is 36.8. The van der Waals surface area contributed by atoms with Crippen molar-refractivity contribution in [3.8, 4) is 22.5 Å². The summed E-state index contributed by atoms with van der Waals surface area (Å²) >= 11 is 0. The molecular weight excluding hydrogens is 681 g/mol. The molecule has 0 spiro atoms. The predicted octanol–water partition coefficient (Wildman–Crippen LogP) is 3.38. The van der Waals surface area contributed by atoms with Crippen molar-refractivity contribution in [2.24, 2.45) is 7.05 Å². The largest absolute Gasteiger partial charge is 0.369 e. The molecule has 2 aromatic carbocycles. The number of carbonyl (C=O) groups is 3. The number of H-pyrrole nitrogens is 1. The molecule has 3 saturated heterocycles. The van der Waals surface area contributed by atoms with Crippen LogP contribution in [0, 0.1) is 0 Å². The van der Waals surface area contributed by atoms with Crippen LogP contribution < -0.4 is 20.4 Å². The number of aromatic amines is 1. The van der Waals surface area contributed by atoms with E-state index in [0.717, 1.165) is 122 Å². The van der Waals surface area contributed by atoms with Crippen molar-refractivity contribution in [3.05, 3.63) is 83.8 Å². The van der Waals surface area contributed by atoms with Gasteiger partial charge in [-0.15, -0.1) is 0 Å². The summed E-state index contributed by atoms with van der Waals surface area (Å²) in [6.45, 7) is 10.8. The summed E-state index contributed by atoms with van der Waals surface area (Å²) in [5.74, 6) is -0.861. The number of piperidine rings is 1. The van der Waals surface area contributed by atoms with Crippen LogP contribution in [-0.2, 0) is 23.1 Å². The minimum absolute atomic E-state index is 0.0126. The van der Waals surface area contributed by atoms with E-state index in [0.29, 0.717) is 19.4 Å². The molecule has 0 saturated carbocycles. The second kappa shape index (κ2) is 14.4. The fourth-order valence-electron chi connectivity index (χ4n) is 8.49. The monoisotopic (exact) mass is 726 g/mol. The standard InChI is InChI=1S/C41H46N10O3/c1-47-37-25-30(5-6-31(37)39(46-47)32-7-8-38(52)45-41(32)54)51-21-17-49(18-22-51)14-13-48-15-19-50(20-16-48)29-4-2-3-27(23-29)35-24-28(9-11-42-35)36-26-33-34(44-36)10-12-43-40(33)53/h2-6,9,11,23-26,32,44H,7-8,10,12-22H2,1H3,(H,43,53)(H,45,52,54). The number of fused-ring (bicyclic) bond motifs is 2. The number of hydrogen-bond donors (Lipinski definition) is 3. The third-order valence-corrected chi connectivity index (χ3v) is 11.7. The lowest BCUT2D eigenvalue weighted by atomic mass is 9.93. The quantitative estimate of drug-likeness (QED) is 0.206. The topological polar surface area (TPSA) is 135 Å². The first-order valence-electron chi connectivity index (χ1n) is 19.2. The first kappa shape index (κ1) is 34.3. The van der Waals surface area contributed by atoms with E-state index in [1.54, 1.807) is 0 Å². The van der Waals surface area contributed by atoms with Gasteiger partial charge < -0.3 is 20.1 Å². The number of carbonyl (C=O) groups excluding carboxylic acids is 3. The van der Waals surface area contributed by atoms with Gasteiger partial charge in [-0.2, -0.15) is 5.10 Å². The Kier molecular flexibility index (Phi) is 9.11. The number of piperazine rings is 2. The molecule has 13 heteroatoms. The Morgan fingerprint density at radius 3 is 2.24 bits per heavy atom. The number of nitrogens with zero attached hydrogens (tertiary/aromatic N) is 7. The normalized spacial score (nSPS) is 19.9. The SMILES string of the molecule is Cn1nc(C2CCC(=O)NC2=O)c2ccc(N3CCN(CCN4CCN(c5cccc(-c6cc(-c7cc8c([nH]7)CCNC8=O)ccn6)c5)CC4)CC3)cc21. The minimum Gasteiger partial charge on any atom is -0.369 e. The maximum atomic E-state index is 12.5. The van der Waals surface area contributed by atoms with E-state index >= 15 is 0 Å². The summed E-state index contributed by atoms with van der Waals surface area (Å²) in [6, 6.07) is 21.2. The van der Waals surface area contributed by atoms with Gasteiger partial charge in [0.15, 0.2) is 0 Å². The fraction of sp³-hybridized carbons (Fsp3) is 0.390. The summed E-state index contributed by atoms with van der Waals surface area (Å²) in [5, 5.41) is 11.1. The second-order valence-electron chi connectivity index (χ2n) is 14.9. The maximum absolute atomic E-state index is 12.5. The molecular formula is C41H46N10O3. The predicted molar refractivity (Wildman–Crippen MR) is 209 cm³/mol. The number of aryl methyl sites for hydroxylation is 1. The number of pyridine rings is 1. The molecule has 0 radical (unpaired) electrons. The number of nitrogens with one attached hydrogen (secondary N) is 3. The lowest BCUT2D eigenvalue weighted by Crippen LogP contribution is -2.51. The van der Waals surface area contributed by atoms with Crippen LogP contribution in [0.1, 0.15) is 40.5 Å². The number of rotatable bonds is 8. The number of anilines is 2. The van der Waals surface area contributed by atoms with Gasteiger partial charge >= 0.3 is 0 Å². The number of amides is 3. The second-order valence-corrected chi connectivity index (χ2v) is 14.9. The number of aromatic nitrogens is 4. The molecule has 7 heterocycles. The molecule has 4 aliphatic rings. The Hall–Kier alpha value is -5.53. The summed E-state index contributed by atoms with van der Waals surface area (Å²) in [6.07, 6.45) is 3.51. The Bertz CT molecular complexity index is 2230. The summed E-state index contributed by atoms with van der Waals surface area (Å²) in [7, 11) is 1.92. The lowest BCUT2D eigenvalue weighted by molar-refractivity contribution is -0.134. The van der Waals surface area contributed by atoms with Crippen molar-refractivity contribution in [2.75, 3.05) is 81.8 Å². The number of benzene rings is 2. The van der Waals surface area contributed by atoms with E-state index in [9.17, 15) is 14.4 Å². The first-order valence-corrected chi connectivity index (χ1v) is 19.2. The molecule has 1 atom stereocenters. The Morgan fingerprint density at radius 1 is 0.778 bits per heavy atom. The van der Waals surface area contributed by atoms with Crippen molar-refractivity contribution < 1.29 is 14.4 Å². The highest BCUT2D eigenvalue weighted by Crippen LogP contribution is 2.33. The molecule has 9 rings (SSSR count). The molecule has 0 aliphatic carbocycles. The highest BCUT2D eigenvalue weighted by molar-refractivity contribution is 6.02. The number of imide groups is 1. The van der Waals surface area contributed by atoms with E-state index in [-0.39, 0.29) is 17.7 Å². The van der Waals surface area contributed by atoms with E-state index in [1.165, 1.54) is 11.4 Å². The van der Waals surface area contributed by atoms with Crippen LogP contribution in [0.4, 0.5) is 11.4 Å². The third-order valence-electron chi connectivity index (χ3n) is 11.7. The van der Waals surface area contributed by atoms with Crippen LogP contribution in [-0.4, -0.2) is 119 Å². The average Bonchev–Trinajstić information content (AvgIpc) is 3.79. The van der Waals surface area contributed by atoms with Gasteiger partial charge in [0.1, 0.15) is 0 Å². The summed E-state index contributed by atoms with van der Waals surface area (Å²) in [5.41, 5.74) is 9.87. The summed E-state index contributed by atoms with van der Waals surface area (Å²) in [4.78, 5) is 54.8. The third kappa shape index (κ3) is 6.73. The van der Waals surface area contributed by atoms with Gasteiger partial charge in [0, 0.05) is 137 Å². The van der Waals surface area contributed by atoms with Crippen LogP contribution >= 0.6 is 0 Å². The molecule has 278 valence electrons. The van der Waals surface area contributed by atoms with Crippen LogP contribution in [0.15, 0.2) is 66.9 Å². The van der Waals surface area contributed by atoms with Crippen LogP contribution in [0.5, 0.6) is 0 Å². The summed E-state index contributed by atoms with van der Waals surface area (Å²) < 4.78 is 1.86. The van der Waals surface area contributed by atoms with E-state index in [1.807, 2.05) is 30.1 Å². The van der Waals surface area contributed by atoms with Gasteiger partial charge in [0.25, 0.3) is 5.91 Å². The Morgan fingerprint density at radius 2 is 1.52 bits per heavy atom. The smallest absolute Gasteiger partial charge is 0.253 e. The van der Waals surface area contributed by atoms with Crippen LogP contribution in [0.25, 0.3) is 33.4 Å². The number of hydrogen-bond acceptors (Lipinski definition) is 9. The van der Waals surface area contributed by atoms with E-state index < -0.39 is 5.92 Å². The van der Waals surface area contributed by atoms with E-state index in [2.05, 4.69) is 83.7 Å². The van der Waals surface area contributed by atoms with Gasteiger partial charge in [0.2, 0.25) is 11.8 Å².